The lowest BCUT2D eigenvalue weighted by Crippen LogP contribution is -2.14. The minimum absolute atomic E-state index is 0.551. The minimum Gasteiger partial charge on any atom is -0.381 e. The first-order chi connectivity index (χ1) is 7.34. The quantitative estimate of drug-likeness (QED) is 0.705. The van der Waals surface area contributed by atoms with E-state index in [0.29, 0.717) is 12.0 Å². The molecule has 0 spiro atoms. The van der Waals surface area contributed by atoms with Crippen molar-refractivity contribution >= 4 is 0 Å². The molecule has 0 amide bonds. The number of hydrogen-bond donors (Lipinski definition) is 0. The molecule has 1 fully saturated rings. The normalized spacial score (nSPS) is 30.5. The van der Waals surface area contributed by atoms with Crippen LogP contribution in [0, 0.1) is 0 Å². The second kappa shape index (κ2) is 3.63. The third-order valence-electron chi connectivity index (χ3n) is 3.67. The first-order valence-corrected chi connectivity index (χ1v) is 6.00. The second-order valence-corrected chi connectivity index (χ2v) is 4.79. The van der Waals surface area contributed by atoms with E-state index in [-0.39, 0.29) is 0 Å². The van der Waals surface area contributed by atoms with Crippen molar-refractivity contribution in [3.63, 3.8) is 0 Å². The second-order valence-electron chi connectivity index (χ2n) is 4.79. The number of aromatic nitrogens is 2. The maximum absolute atomic E-state index is 5.42. The summed E-state index contributed by atoms with van der Waals surface area (Å²) in [4.78, 5) is 4.77. The van der Waals surface area contributed by atoms with Gasteiger partial charge < -0.3 is 9.30 Å². The Hall–Kier alpha value is -0.830. The van der Waals surface area contributed by atoms with Crippen molar-refractivity contribution in [2.45, 2.75) is 44.6 Å². The van der Waals surface area contributed by atoms with Crippen LogP contribution in [0.2, 0.25) is 0 Å². The van der Waals surface area contributed by atoms with E-state index in [1.165, 1.54) is 24.4 Å². The van der Waals surface area contributed by atoms with Gasteiger partial charge in [-0.05, 0) is 26.2 Å². The molecule has 0 bridgehead atoms. The van der Waals surface area contributed by atoms with Crippen molar-refractivity contribution in [1.29, 1.82) is 0 Å². The van der Waals surface area contributed by atoms with Crippen LogP contribution in [0.3, 0.4) is 0 Å². The van der Waals surface area contributed by atoms with Gasteiger partial charge in [-0.1, -0.05) is 0 Å². The van der Waals surface area contributed by atoms with Crippen LogP contribution in [-0.4, -0.2) is 22.8 Å². The third-order valence-corrected chi connectivity index (χ3v) is 3.67. The van der Waals surface area contributed by atoms with E-state index in [1.54, 1.807) is 0 Å². The predicted octanol–water partition coefficient (Wildman–Crippen LogP) is 2.28. The summed E-state index contributed by atoms with van der Waals surface area (Å²) in [7, 11) is 0. The lowest BCUT2D eigenvalue weighted by atomic mass is 10.1. The molecule has 3 nitrogen and oxygen atoms in total. The molecule has 1 aromatic rings. The van der Waals surface area contributed by atoms with Gasteiger partial charge in [0.2, 0.25) is 0 Å². The fourth-order valence-electron chi connectivity index (χ4n) is 2.68. The summed E-state index contributed by atoms with van der Waals surface area (Å²) in [6, 6.07) is 0.636. The summed E-state index contributed by atoms with van der Waals surface area (Å²) >= 11 is 0. The van der Waals surface area contributed by atoms with Gasteiger partial charge in [0.05, 0.1) is 12.3 Å². The van der Waals surface area contributed by atoms with Crippen molar-refractivity contribution in [3.8, 4) is 0 Å². The van der Waals surface area contributed by atoms with Crippen molar-refractivity contribution < 1.29 is 4.74 Å². The molecule has 3 rings (SSSR count). The van der Waals surface area contributed by atoms with Crippen LogP contribution in [0.1, 0.15) is 49.7 Å². The van der Waals surface area contributed by atoms with E-state index in [2.05, 4.69) is 17.7 Å². The molecule has 2 aliphatic heterocycles. The maximum atomic E-state index is 5.42. The molecule has 0 saturated carbocycles. The summed E-state index contributed by atoms with van der Waals surface area (Å²) in [5.74, 6) is 1.84. The summed E-state index contributed by atoms with van der Waals surface area (Å²) in [6.07, 6.45) is 7.14. The highest BCUT2D eigenvalue weighted by atomic mass is 16.5. The number of fused-ring (bicyclic) bond motifs is 1. The van der Waals surface area contributed by atoms with Crippen LogP contribution in [0.5, 0.6) is 0 Å². The minimum atomic E-state index is 0.551. The molecule has 1 aromatic heterocycles. The zero-order chi connectivity index (χ0) is 10.3. The average molecular weight is 206 g/mol. The van der Waals surface area contributed by atoms with Crippen molar-refractivity contribution in [2.75, 3.05) is 13.2 Å². The molecular weight excluding hydrogens is 188 g/mol. The number of ether oxygens (including phenoxy) is 1. The fraction of sp³-hybridized carbons (Fsp3) is 0.750. The van der Waals surface area contributed by atoms with Crippen LogP contribution in [-0.2, 0) is 11.2 Å². The standard InChI is InChI=1S/C12H18N2O/c1-9-3-2-4-12-13-11(7-14(9)12)10-5-6-15-8-10/h7,9-10H,2-6,8H2,1H3. The van der Waals surface area contributed by atoms with Gasteiger partial charge in [-0.3, -0.25) is 0 Å². The first kappa shape index (κ1) is 9.40. The molecule has 2 unspecified atom stereocenters. The molecule has 0 aliphatic carbocycles. The van der Waals surface area contributed by atoms with Gasteiger partial charge in [0.25, 0.3) is 0 Å². The van der Waals surface area contributed by atoms with Crippen LogP contribution in [0.4, 0.5) is 0 Å². The van der Waals surface area contributed by atoms with Crippen molar-refractivity contribution in [3.05, 3.63) is 17.7 Å². The average Bonchev–Trinajstić information content (AvgIpc) is 2.86. The molecule has 2 aliphatic rings. The lowest BCUT2D eigenvalue weighted by Gasteiger charge is -2.20. The van der Waals surface area contributed by atoms with Crippen LogP contribution in [0.25, 0.3) is 0 Å². The molecule has 82 valence electrons. The Balaban J connectivity index is 1.90. The summed E-state index contributed by atoms with van der Waals surface area (Å²) in [5.41, 5.74) is 1.26. The van der Waals surface area contributed by atoms with Crippen LogP contribution in [0.15, 0.2) is 6.20 Å². The number of nitrogens with zero attached hydrogens (tertiary/aromatic N) is 2. The molecule has 0 radical (unpaired) electrons. The molecule has 15 heavy (non-hydrogen) atoms. The molecule has 3 heterocycles. The molecule has 0 aromatic carbocycles. The molecular formula is C12H18N2O. The van der Waals surface area contributed by atoms with E-state index in [9.17, 15) is 0 Å². The Morgan fingerprint density at radius 2 is 2.40 bits per heavy atom. The van der Waals surface area contributed by atoms with Crippen molar-refractivity contribution in [2.24, 2.45) is 0 Å². The topological polar surface area (TPSA) is 27.1 Å². The van der Waals surface area contributed by atoms with Gasteiger partial charge in [-0.15, -0.1) is 0 Å². The Kier molecular flexibility index (Phi) is 2.28. The van der Waals surface area contributed by atoms with Gasteiger partial charge in [0.15, 0.2) is 0 Å². The monoisotopic (exact) mass is 206 g/mol. The lowest BCUT2D eigenvalue weighted by molar-refractivity contribution is 0.193. The van der Waals surface area contributed by atoms with Crippen LogP contribution >= 0.6 is 0 Å². The highest BCUT2D eigenvalue weighted by Crippen LogP contribution is 2.29. The molecule has 3 heteroatoms. The van der Waals surface area contributed by atoms with Gasteiger partial charge in [-0.25, -0.2) is 4.98 Å². The number of aryl methyl sites for hydroxylation is 1. The van der Waals surface area contributed by atoms with E-state index >= 15 is 0 Å². The van der Waals surface area contributed by atoms with Gasteiger partial charge in [0, 0.05) is 31.2 Å². The largest absolute Gasteiger partial charge is 0.381 e. The number of imidazole rings is 1. The maximum Gasteiger partial charge on any atom is 0.109 e. The van der Waals surface area contributed by atoms with Gasteiger partial charge >= 0.3 is 0 Å². The van der Waals surface area contributed by atoms with Crippen molar-refractivity contribution in [1.82, 2.24) is 9.55 Å². The van der Waals surface area contributed by atoms with Gasteiger partial charge in [-0.2, -0.15) is 0 Å². The molecule has 2 atom stereocenters. The van der Waals surface area contributed by atoms with Crippen LogP contribution < -0.4 is 0 Å². The van der Waals surface area contributed by atoms with Gasteiger partial charge in [0.1, 0.15) is 5.82 Å². The molecule has 0 N–H and O–H groups in total. The third kappa shape index (κ3) is 1.59. The zero-order valence-corrected chi connectivity index (χ0v) is 9.28. The highest BCUT2D eigenvalue weighted by molar-refractivity contribution is 5.13. The fourth-order valence-corrected chi connectivity index (χ4v) is 2.68. The first-order valence-electron chi connectivity index (χ1n) is 6.00. The summed E-state index contributed by atoms with van der Waals surface area (Å²) in [6.45, 7) is 4.06. The highest BCUT2D eigenvalue weighted by Gasteiger charge is 2.24. The van der Waals surface area contributed by atoms with E-state index in [1.807, 2.05) is 0 Å². The van der Waals surface area contributed by atoms with E-state index < -0.39 is 0 Å². The molecule has 1 saturated heterocycles. The summed E-state index contributed by atoms with van der Waals surface area (Å²) < 4.78 is 7.79. The Bertz CT molecular complexity index is 353. The van der Waals surface area contributed by atoms with E-state index in [4.69, 9.17) is 9.72 Å². The Labute approximate surface area is 90.5 Å². The van der Waals surface area contributed by atoms with E-state index in [0.717, 1.165) is 26.1 Å². The zero-order valence-electron chi connectivity index (χ0n) is 9.28. The Morgan fingerprint density at radius 1 is 1.47 bits per heavy atom. The number of rotatable bonds is 1. The SMILES string of the molecule is CC1CCCc2nc(C3CCOC3)cn21. The summed E-state index contributed by atoms with van der Waals surface area (Å²) in [5, 5.41) is 0. The Morgan fingerprint density at radius 3 is 3.13 bits per heavy atom. The predicted molar refractivity (Wildman–Crippen MR) is 58.1 cm³/mol. The number of hydrogen-bond acceptors (Lipinski definition) is 2. The smallest absolute Gasteiger partial charge is 0.109 e.